The van der Waals surface area contributed by atoms with E-state index in [1.165, 1.54) is 30.2 Å². The van der Waals surface area contributed by atoms with Crippen LogP contribution in [-0.2, 0) is 9.59 Å². The van der Waals surface area contributed by atoms with E-state index in [4.69, 9.17) is 4.74 Å². The van der Waals surface area contributed by atoms with Crippen molar-refractivity contribution in [1.82, 2.24) is 5.32 Å². The van der Waals surface area contributed by atoms with Gasteiger partial charge in [0, 0.05) is 12.1 Å². The third kappa shape index (κ3) is 4.38. The predicted molar refractivity (Wildman–Crippen MR) is 103 cm³/mol. The summed E-state index contributed by atoms with van der Waals surface area (Å²) in [4.78, 5) is 38.2. The maximum Gasteiger partial charge on any atom is 0.265 e. The van der Waals surface area contributed by atoms with Crippen molar-refractivity contribution in [2.75, 3.05) is 18.1 Å². The Morgan fingerprint density at radius 2 is 2.11 bits per heavy atom. The molecule has 0 radical (unpaired) electrons. The van der Waals surface area contributed by atoms with Gasteiger partial charge in [0.25, 0.3) is 5.91 Å². The minimum Gasteiger partial charge on any atom is -0.482 e. The molecule has 1 aliphatic heterocycles. The number of hydrogen-bond acceptors (Lipinski definition) is 4. The number of nitrogens with one attached hydrogen (secondary N) is 1. The topological polar surface area (TPSA) is 75.7 Å². The standard InChI is InChI=1S/C21H26N2O4/c1-14(21(26)22-11-10-16-6-4-3-5-7-16)23-18-12-17(15(2)24)8-9-19(18)27-13-20(23)25/h6,8-9,12,14H,3-5,7,10-11,13H2,1-2H3,(H,22,26). The van der Waals surface area contributed by atoms with E-state index in [1.54, 1.807) is 25.1 Å². The number of allylic oxidation sites excluding steroid dienone is 1. The lowest BCUT2D eigenvalue weighted by Gasteiger charge is -2.33. The van der Waals surface area contributed by atoms with Gasteiger partial charge in [-0.2, -0.15) is 0 Å². The number of nitrogens with zero attached hydrogens (tertiary/aromatic N) is 1. The van der Waals surface area contributed by atoms with Gasteiger partial charge in [-0.15, -0.1) is 0 Å². The number of carbonyl (C=O) groups excluding carboxylic acids is 3. The Balaban J connectivity index is 1.69. The summed E-state index contributed by atoms with van der Waals surface area (Å²) in [6, 6.07) is 4.28. The fourth-order valence-corrected chi connectivity index (χ4v) is 3.56. The molecule has 1 N–H and O–H groups in total. The van der Waals surface area contributed by atoms with Crippen LogP contribution in [0.15, 0.2) is 29.8 Å². The number of fused-ring (bicyclic) bond motifs is 1. The molecule has 27 heavy (non-hydrogen) atoms. The van der Waals surface area contributed by atoms with Crippen LogP contribution in [0.1, 0.15) is 56.3 Å². The fourth-order valence-electron chi connectivity index (χ4n) is 3.56. The molecule has 0 fully saturated rings. The molecule has 1 atom stereocenters. The van der Waals surface area contributed by atoms with Crippen molar-refractivity contribution in [3.63, 3.8) is 0 Å². The molecule has 2 aliphatic rings. The van der Waals surface area contributed by atoms with Gasteiger partial charge >= 0.3 is 0 Å². The maximum absolute atomic E-state index is 12.6. The predicted octanol–water partition coefficient (Wildman–Crippen LogP) is 3.01. The first-order valence-electron chi connectivity index (χ1n) is 9.53. The zero-order chi connectivity index (χ0) is 19.4. The van der Waals surface area contributed by atoms with E-state index in [0.717, 1.165) is 19.3 Å². The number of ether oxygens (including phenoxy) is 1. The van der Waals surface area contributed by atoms with Crippen LogP contribution in [0.2, 0.25) is 0 Å². The fraction of sp³-hybridized carbons (Fsp3) is 0.476. The summed E-state index contributed by atoms with van der Waals surface area (Å²) < 4.78 is 5.45. The van der Waals surface area contributed by atoms with Gasteiger partial charge in [0.15, 0.2) is 12.4 Å². The van der Waals surface area contributed by atoms with Crippen LogP contribution in [-0.4, -0.2) is 36.8 Å². The van der Waals surface area contributed by atoms with E-state index < -0.39 is 6.04 Å². The van der Waals surface area contributed by atoms with Gasteiger partial charge < -0.3 is 10.1 Å². The van der Waals surface area contributed by atoms with Crippen molar-refractivity contribution in [3.8, 4) is 5.75 Å². The van der Waals surface area contributed by atoms with E-state index >= 15 is 0 Å². The summed E-state index contributed by atoms with van der Waals surface area (Å²) in [5, 5.41) is 2.93. The van der Waals surface area contributed by atoms with Crippen molar-refractivity contribution in [1.29, 1.82) is 0 Å². The number of carbonyl (C=O) groups is 3. The highest BCUT2D eigenvalue weighted by atomic mass is 16.5. The van der Waals surface area contributed by atoms with Gasteiger partial charge in [-0.05, 0) is 64.2 Å². The molecule has 0 aromatic heterocycles. The van der Waals surface area contributed by atoms with Gasteiger partial charge in [-0.3, -0.25) is 19.3 Å². The van der Waals surface area contributed by atoms with Crippen LogP contribution >= 0.6 is 0 Å². The first-order valence-corrected chi connectivity index (χ1v) is 9.53. The zero-order valence-corrected chi connectivity index (χ0v) is 15.9. The van der Waals surface area contributed by atoms with Gasteiger partial charge in [-0.25, -0.2) is 0 Å². The molecule has 1 unspecified atom stereocenters. The van der Waals surface area contributed by atoms with Gasteiger partial charge in [0.2, 0.25) is 5.91 Å². The Bertz CT molecular complexity index is 784. The lowest BCUT2D eigenvalue weighted by atomic mass is 9.97. The number of amides is 2. The van der Waals surface area contributed by atoms with E-state index in [1.807, 2.05) is 0 Å². The summed E-state index contributed by atoms with van der Waals surface area (Å²) in [5.74, 6) is -0.0954. The number of benzene rings is 1. The second-order valence-electron chi connectivity index (χ2n) is 7.12. The summed E-state index contributed by atoms with van der Waals surface area (Å²) in [7, 11) is 0. The average Bonchev–Trinajstić information content (AvgIpc) is 2.67. The highest BCUT2D eigenvalue weighted by molar-refractivity contribution is 6.05. The highest BCUT2D eigenvalue weighted by Gasteiger charge is 2.33. The van der Waals surface area contributed by atoms with Gasteiger partial charge in [0.1, 0.15) is 11.8 Å². The Kier molecular flexibility index (Phi) is 5.94. The summed E-state index contributed by atoms with van der Waals surface area (Å²) in [6.07, 6.45) is 7.80. The Morgan fingerprint density at radius 3 is 2.81 bits per heavy atom. The van der Waals surface area contributed by atoms with Crippen molar-refractivity contribution >= 4 is 23.3 Å². The minimum absolute atomic E-state index is 0.103. The van der Waals surface area contributed by atoms with E-state index in [-0.39, 0.29) is 24.2 Å². The number of rotatable bonds is 6. The van der Waals surface area contributed by atoms with Crippen LogP contribution in [0.5, 0.6) is 5.75 Å². The van der Waals surface area contributed by atoms with Crippen molar-refractivity contribution in [2.24, 2.45) is 0 Å². The molecule has 1 heterocycles. The third-order valence-electron chi connectivity index (χ3n) is 5.14. The van der Waals surface area contributed by atoms with Crippen LogP contribution in [0.3, 0.4) is 0 Å². The first-order chi connectivity index (χ1) is 13.0. The minimum atomic E-state index is -0.678. The molecule has 0 saturated heterocycles. The zero-order valence-electron chi connectivity index (χ0n) is 15.9. The Hall–Kier alpha value is -2.63. The first kappa shape index (κ1) is 19.1. The van der Waals surface area contributed by atoms with Gasteiger partial charge in [-0.1, -0.05) is 11.6 Å². The lowest BCUT2D eigenvalue weighted by molar-refractivity contribution is -0.127. The number of ketones is 1. The molecular weight excluding hydrogens is 344 g/mol. The molecule has 144 valence electrons. The number of Topliss-reactive ketones (excluding diaryl/α,β-unsaturated/α-hetero) is 1. The third-order valence-corrected chi connectivity index (χ3v) is 5.14. The van der Waals surface area contributed by atoms with Crippen LogP contribution in [0.4, 0.5) is 5.69 Å². The van der Waals surface area contributed by atoms with E-state index in [0.29, 0.717) is 23.5 Å². The molecule has 1 aliphatic carbocycles. The quantitative estimate of drug-likeness (QED) is 0.617. The molecule has 0 saturated carbocycles. The van der Waals surface area contributed by atoms with Crippen LogP contribution < -0.4 is 15.0 Å². The van der Waals surface area contributed by atoms with Crippen LogP contribution in [0.25, 0.3) is 0 Å². The molecule has 0 bridgehead atoms. The van der Waals surface area contributed by atoms with Crippen molar-refractivity contribution in [2.45, 2.75) is 52.0 Å². The molecular formula is C21H26N2O4. The number of anilines is 1. The molecule has 0 spiro atoms. The summed E-state index contributed by atoms with van der Waals surface area (Å²) in [6.45, 7) is 3.61. The largest absolute Gasteiger partial charge is 0.482 e. The van der Waals surface area contributed by atoms with E-state index in [9.17, 15) is 14.4 Å². The van der Waals surface area contributed by atoms with E-state index in [2.05, 4.69) is 11.4 Å². The lowest BCUT2D eigenvalue weighted by Crippen LogP contribution is -2.51. The monoisotopic (exact) mass is 370 g/mol. The molecule has 6 nitrogen and oxygen atoms in total. The summed E-state index contributed by atoms with van der Waals surface area (Å²) in [5.41, 5.74) is 2.35. The van der Waals surface area contributed by atoms with Gasteiger partial charge in [0.05, 0.1) is 5.69 Å². The Labute approximate surface area is 159 Å². The van der Waals surface area contributed by atoms with Crippen molar-refractivity contribution in [3.05, 3.63) is 35.4 Å². The molecule has 1 aromatic carbocycles. The number of hydrogen-bond donors (Lipinski definition) is 1. The second-order valence-corrected chi connectivity index (χ2v) is 7.12. The summed E-state index contributed by atoms with van der Waals surface area (Å²) >= 11 is 0. The SMILES string of the molecule is CC(=O)c1ccc2c(c1)N(C(C)C(=O)NCCC1=CCCCC1)C(=O)CO2. The maximum atomic E-state index is 12.6. The smallest absolute Gasteiger partial charge is 0.265 e. The normalized spacial score (nSPS) is 17.5. The molecule has 3 rings (SSSR count). The second kappa shape index (κ2) is 8.37. The molecule has 1 aromatic rings. The highest BCUT2D eigenvalue weighted by Crippen LogP contribution is 2.34. The molecule has 6 heteroatoms. The molecule has 2 amide bonds. The average molecular weight is 370 g/mol. The van der Waals surface area contributed by atoms with Crippen molar-refractivity contribution < 1.29 is 19.1 Å². The van der Waals surface area contributed by atoms with Crippen LogP contribution in [0, 0.1) is 0 Å². The Morgan fingerprint density at radius 1 is 1.30 bits per heavy atom.